The number of hydrogen-bond acceptors (Lipinski definition) is 6. The Labute approximate surface area is 195 Å². The minimum atomic E-state index is -0.485. The zero-order valence-corrected chi connectivity index (χ0v) is 18.7. The van der Waals surface area contributed by atoms with Gasteiger partial charge in [0, 0.05) is 23.7 Å². The molecule has 0 fully saturated rings. The van der Waals surface area contributed by atoms with Crippen LogP contribution in [0.1, 0.15) is 27.2 Å². The van der Waals surface area contributed by atoms with Crippen LogP contribution in [0.25, 0.3) is 22.9 Å². The van der Waals surface area contributed by atoms with E-state index in [0.29, 0.717) is 40.2 Å². The highest BCUT2D eigenvalue weighted by atomic mass is 16.5. The van der Waals surface area contributed by atoms with Gasteiger partial charge in [-0.2, -0.15) is 0 Å². The highest BCUT2D eigenvalue weighted by molar-refractivity contribution is 5.97. The van der Waals surface area contributed by atoms with E-state index in [0.717, 1.165) is 5.56 Å². The SMILES string of the molecule is COc1ccc(/C(O)=C/c2nc3ccc(C(=O)NCc4cccc(OC)c4)cc3[nH]c2=O)cc1. The highest BCUT2D eigenvalue weighted by Gasteiger charge is 2.10. The predicted octanol–water partition coefficient (Wildman–Crippen LogP) is 3.93. The number of carbonyl (C=O) groups is 1. The summed E-state index contributed by atoms with van der Waals surface area (Å²) in [4.78, 5) is 32.2. The van der Waals surface area contributed by atoms with E-state index in [1.165, 1.54) is 6.08 Å². The van der Waals surface area contributed by atoms with Crippen molar-refractivity contribution in [3.63, 3.8) is 0 Å². The van der Waals surface area contributed by atoms with Crippen molar-refractivity contribution in [2.24, 2.45) is 0 Å². The molecule has 34 heavy (non-hydrogen) atoms. The van der Waals surface area contributed by atoms with Crippen molar-refractivity contribution < 1.29 is 19.4 Å². The molecule has 0 aliphatic heterocycles. The van der Waals surface area contributed by atoms with Crippen LogP contribution in [0.2, 0.25) is 0 Å². The van der Waals surface area contributed by atoms with Gasteiger partial charge in [0.2, 0.25) is 0 Å². The summed E-state index contributed by atoms with van der Waals surface area (Å²) < 4.78 is 10.3. The molecule has 1 aromatic heterocycles. The Morgan fingerprint density at radius 3 is 2.47 bits per heavy atom. The molecule has 0 saturated carbocycles. The maximum absolute atomic E-state index is 12.6. The van der Waals surface area contributed by atoms with Crippen LogP contribution in [0.3, 0.4) is 0 Å². The second kappa shape index (κ2) is 9.91. The van der Waals surface area contributed by atoms with E-state index in [1.807, 2.05) is 24.3 Å². The summed E-state index contributed by atoms with van der Waals surface area (Å²) in [7, 11) is 3.14. The fraction of sp³-hybridized carbons (Fsp3) is 0.115. The Morgan fingerprint density at radius 1 is 1.00 bits per heavy atom. The number of amides is 1. The van der Waals surface area contributed by atoms with Crippen LogP contribution in [0.15, 0.2) is 71.5 Å². The van der Waals surface area contributed by atoms with Gasteiger partial charge in [-0.1, -0.05) is 12.1 Å². The number of fused-ring (bicyclic) bond motifs is 1. The van der Waals surface area contributed by atoms with Crippen LogP contribution in [-0.4, -0.2) is 35.2 Å². The van der Waals surface area contributed by atoms with Crippen molar-refractivity contribution in [2.75, 3.05) is 14.2 Å². The van der Waals surface area contributed by atoms with Gasteiger partial charge >= 0.3 is 0 Å². The summed E-state index contributed by atoms with van der Waals surface area (Å²) in [6, 6.07) is 19.0. The molecule has 0 unspecified atom stereocenters. The number of rotatable bonds is 7. The number of nitrogens with one attached hydrogen (secondary N) is 2. The molecule has 0 atom stereocenters. The quantitative estimate of drug-likeness (QED) is 0.363. The summed E-state index contributed by atoms with van der Waals surface area (Å²) in [6.07, 6.45) is 1.30. The number of aliphatic hydroxyl groups excluding tert-OH is 1. The van der Waals surface area contributed by atoms with E-state index in [4.69, 9.17) is 9.47 Å². The third-order valence-corrected chi connectivity index (χ3v) is 5.23. The van der Waals surface area contributed by atoms with Crippen molar-refractivity contribution in [1.29, 1.82) is 0 Å². The lowest BCUT2D eigenvalue weighted by Crippen LogP contribution is -2.23. The summed E-state index contributed by atoms with van der Waals surface area (Å²) >= 11 is 0. The number of aromatic amines is 1. The fourth-order valence-electron chi connectivity index (χ4n) is 3.38. The minimum Gasteiger partial charge on any atom is -0.507 e. The molecule has 0 saturated heterocycles. The molecule has 0 radical (unpaired) electrons. The molecule has 0 aliphatic rings. The standard InChI is InChI=1S/C26H23N3O5/c1-33-19-9-6-17(7-10-19)24(30)14-23-26(32)29-22-13-18(8-11-21(22)28-23)25(31)27-15-16-4-3-5-20(12-16)34-2/h3-14,30H,15H2,1-2H3,(H,27,31)(H,29,32)/b24-14-. The maximum Gasteiger partial charge on any atom is 0.274 e. The molecule has 0 aliphatic carbocycles. The number of aliphatic hydroxyl groups is 1. The summed E-state index contributed by atoms with van der Waals surface area (Å²) in [5.74, 6) is 0.978. The maximum atomic E-state index is 12.6. The van der Waals surface area contributed by atoms with Crippen LogP contribution in [-0.2, 0) is 6.54 Å². The second-order valence-electron chi connectivity index (χ2n) is 7.48. The van der Waals surface area contributed by atoms with Crippen molar-refractivity contribution in [3.05, 3.63) is 99.5 Å². The molecule has 8 heteroatoms. The fourth-order valence-corrected chi connectivity index (χ4v) is 3.38. The minimum absolute atomic E-state index is 0.0519. The van der Waals surface area contributed by atoms with Crippen LogP contribution >= 0.6 is 0 Å². The molecule has 4 rings (SSSR count). The number of methoxy groups -OCH3 is 2. The van der Waals surface area contributed by atoms with Gasteiger partial charge in [-0.15, -0.1) is 0 Å². The molecular weight excluding hydrogens is 434 g/mol. The first-order chi connectivity index (χ1) is 16.5. The van der Waals surface area contributed by atoms with Crippen molar-refractivity contribution >= 4 is 28.8 Å². The molecule has 1 amide bonds. The number of H-pyrrole nitrogens is 1. The Hall–Kier alpha value is -4.59. The Balaban J connectivity index is 1.53. The molecule has 0 bridgehead atoms. The predicted molar refractivity (Wildman–Crippen MR) is 130 cm³/mol. The number of nitrogens with zero attached hydrogens (tertiary/aromatic N) is 1. The largest absolute Gasteiger partial charge is 0.507 e. The first-order valence-electron chi connectivity index (χ1n) is 10.5. The normalized spacial score (nSPS) is 11.3. The second-order valence-corrected chi connectivity index (χ2v) is 7.48. The van der Waals surface area contributed by atoms with E-state index in [9.17, 15) is 14.7 Å². The summed E-state index contributed by atoms with van der Waals surface area (Å²) in [6.45, 7) is 0.331. The molecule has 4 aromatic rings. The monoisotopic (exact) mass is 457 g/mol. The zero-order chi connectivity index (χ0) is 24.1. The van der Waals surface area contributed by atoms with E-state index in [2.05, 4.69) is 15.3 Å². The average Bonchev–Trinajstić information content (AvgIpc) is 2.87. The smallest absolute Gasteiger partial charge is 0.274 e. The summed E-state index contributed by atoms with van der Waals surface area (Å²) in [5, 5.41) is 13.3. The van der Waals surface area contributed by atoms with Gasteiger partial charge in [0.25, 0.3) is 11.5 Å². The lowest BCUT2D eigenvalue weighted by atomic mass is 10.1. The van der Waals surface area contributed by atoms with Crippen molar-refractivity contribution in [1.82, 2.24) is 15.3 Å². The number of carbonyl (C=O) groups excluding carboxylic acids is 1. The van der Waals surface area contributed by atoms with E-state index in [1.54, 1.807) is 56.7 Å². The molecule has 0 spiro atoms. The highest BCUT2D eigenvalue weighted by Crippen LogP contribution is 2.19. The van der Waals surface area contributed by atoms with E-state index in [-0.39, 0.29) is 17.4 Å². The Morgan fingerprint density at radius 2 is 1.74 bits per heavy atom. The van der Waals surface area contributed by atoms with Crippen molar-refractivity contribution in [3.8, 4) is 11.5 Å². The third-order valence-electron chi connectivity index (χ3n) is 5.23. The van der Waals surface area contributed by atoms with Crippen LogP contribution in [0, 0.1) is 0 Å². The topological polar surface area (TPSA) is 114 Å². The number of hydrogen-bond donors (Lipinski definition) is 3. The molecule has 8 nitrogen and oxygen atoms in total. The van der Waals surface area contributed by atoms with Gasteiger partial charge in [-0.05, 0) is 60.2 Å². The summed E-state index contributed by atoms with van der Waals surface area (Å²) in [5.41, 5.74) is 2.27. The molecular formula is C26H23N3O5. The van der Waals surface area contributed by atoms with Gasteiger partial charge in [0.15, 0.2) is 0 Å². The first-order valence-corrected chi connectivity index (χ1v) is 10.5. The molecule has 3 N–H and O–H groups in total. The average molecular weight is 457 g/mol. The zero-order valence-electron chi connectivity index (χ0n) is 18.7. The van der Waals surface area contributed by atoms with Crippen LogP contribution < -0.4 is 20.3 Å². The van der Waals surface area contributed by atoms with Gasteiger partial charge in [0.1, 0.15) is 23.0 Å². The third kappa shape index (κ3) is 5.07. The van der Waals surface area contributed by atoms with E-state index >= 15 is 0 Å². The van der Waals surface area contributed by atoms with Gasteiger partial charge < -0.3 is 24.9 Å². The molecule has 1 heterocycles. The molecule has 172 valence electrons. The number of benzene rings is 3. The Kier molecular flexibility index (Phi) is 6.59. The van der Waals surface area contributed by atoms with Crippen LogP contribution in [0.4, 0.5) is 0 Å². The van der Waals surface area contributed by atoms with Crippen LogP contribution in [0.5, 0.6) is 11.5 Å². The van der Waals surface area contributed by atoms with Gasteiger partial charge in [-0.3, -0.25) is 9.59 Å². The lowest BCUT2D eigenvalue weighted by molar-refractivity contribution is 0.0951. The Bertz CT molecular complexity index is 1420. The van der Waals surface area contributed by atoms with Gasteiger partial charge in [-0.25, -0.2) is 4.98 Å². The molecule has 3 aromatic carbocycles. The first kappa shape index (κ1) is 22.6. The van der Waals surface area contributed by atoms with Gasteiger partial charge in [0.05, 0.1) is 25.3 Å². The van der Waals surface area contributed by atoms with Crippen molar-refractivity contribution in [2.45, 2.75) is 6.54 Å². The van der Waals surface area contributed by atoms with E-state index < -0.39 is 5.56 Å². The lowest BCUT2D eigenvalue weighted by Gasteiger charge is -2.08. The number of ether oxygens (including phenoxy) is 2. The number of aromatic nitrogens is 2.